The van der Waals surface area contributed by atoms with Crippen molar-refractivity contribution in [1.82, 2.24) is 4.72 Å². The summed E-state index contributed by atoms with van der Waals surface area (Å²) in [6.07, 6.45) is 2.12. The number of benzene rings is 1. The van der Waals surface area contributed by atoms with Crippen molar-refractivity contribution in [2.24, 2.45) is 0 Å². The van der Waals surface area contributed by atoms with E-state index in [1.807, 2.05) is 12.1 Å². The lowest BCUT2D eigenvalue weighted by molar-refractivity contribution is 0.0242. The third kappa shape index (κ3) is 3.45. The molecule has 1 heterocycles. The fourth-order valence-electron chi connectivity index (χ4n) is 2.98. The molecule has 0 fully saturated rings. The standard InChI is InChI=1S/C16H18ClNO4S2/c1-22-12-4-5-13-11(9-12)3-2-8-16(13,19)10-18-24(20,21)15-7-6-14(17)23-15/h4-7,9,18-19H,2-3,8,10H2,1H3. The molecule has 3 rings (SSSR count). The maximum atomic E-state index is 12.4. The lowest BCUT2D eigenvalue weighted by Crippen LogP contribution is -2.42. The van der Waals surface area contributed by atoms with E-state index in [4.69, 9.17) is 16.3 Å². The summed E-state index contributed by atoms with van der Waals surface area (Å²) in [6.45, 7) is -0.0792. The molecule has 0 bridgehead atoms. The van der Waals surface area contributed by atoms with Crippen LogP contribution in [-0.2, 0) is 22.0 Å². The molecule has 5 nitrogen and oxygen atoms in total. The third-order valence-electron chi connectivity index (χ3n) is 4.22. The van der Waals surface area contributed by atoms with E-state index < -0.39 is 15.6 Å². The number of aryl methyl sites for hydroxylation is 1. The largest absolute Gasteiger partial charge is 0.497 e. The van der Waals surface area contributed by atoms with Gasteiger partial charge >= 0.3 is 0 Å². The van der Waals surface area contributed by atoms with Gasteiger partial charge < -0.3 is 9.84 Å². The van der Waals surface area contributed by atoms with Gasteiger partial charge in [-0.3, -0.25) is 0 Å². The van der Waals surface area contributed by atoms with Crippen molar-refractivity contribution in [3.8, 4) is 5.75 Å². The van der Waals surface area contributed by atoms with E-state index in [9.17, 15) is 13.5 Å². The van der Waals surface area contributed by atoms with Crippen LogP contribution in [0.5, 0.6) is 5.75 Å². The van der Waals surface area contributed by atoms with E-state index in [1.165, 1.54) is 12.1 Å². The van der Waals surface area contributed by atoms with Gasteiger partial charge in [-0.1, -0.05) is 17.7 Å². The highest BCUT2D eigenvalue weighted by atomic mass is 35.5. The minimum atomic E-state index is -3.69. The van der Waals surface area contributed by atoms with Crippen LogP contribution in [0.2, 0.25) is 4.34 Å². The Hall–Kier alpha value is -1.12. The molecular weight excluding hydrogens is 370 g/mol. The highest BCUT2D eigenvalue weighted by molar-refractivity contribution is 7.91. The molecular formula is C16H18ClNO4S2. The van der Waals surface area contributed by atoms with Crippen molar-refractivity contribution in [1.29, 1.82) is 0 Å². The highest BCUT2D eigenvalue weighted by Gasteiger charge is 2.36. The van der Waals surface area contributed by atoms with Gasteiger partial charge in [0.15, 0.2) is 0 Å². The fraction of sp³-hybridized carbons (Fsp3) is 0.375. The van der Waals surface area contributed by atoms with Gasteiger partial charge in [-0.15, -0.1) is 11.3 Å². The van der Waals surface area contributed by atoms with Gasteiger partial charge in [0.1, 0.15) is 15.6 Å². The van der Waals surface area contributed by atoms with E-state index in [1.54, 1.807) is 13.2 Å². The van der Waals surface area contributed by atoms with E-state index in [0.717, 1.165) is 41.1 Å². The lowest BCUT2D eigenvalue weighted by atomic mass is 9.79. The van der Waals surface area contributed by atoms with Gasteiger partial charge in [-0.2, -0.15) is 0 Å². The molecule has 1 aliphatic rings. The number of fused-ring (bicyclic) bond motifs is 1. The van der Waals surface area contributed by atoms with Crippen LogP contribution in [0.1, 0.15) is 24.0 Å². The zero-order chi connectivity index (χ0) is 17.4. The zero-order valence-electron chi connectivity index (χ0n) is 13.1. The van der Waals surface area contributed by atoms with Gasteiger partial charge in [0.05, 0.1) is 11.4 Å². The molecule has 1 aromatic carbocycles. The minimum absolute atomic E-state index is 0.0792. The summed E-state index contributed by atoms with van der Waals surface area (Å²) in [4.78, 5) is 0. The molecule has 1 aromatic heterocycles. The van der Waals surface area contributed by atoms with Crippen molar-refractivity contribution in [3.63, 3.8) is 0 Å². The maximum absolute atomic E-state index is 12.4. The van der Waals surface area contributed by atoms with Crippen LogP contribution in [0.3, 0.4) is 0 Å². The van der Waals surface area contributed by atoms with Crippen LogP contribution in [0.15, 0.2) is 34.5 Å². The van der Waals surface area contributed by atoms with Gasteiger partial charge in [0, 0.05) is 6.54 Å². The predicted octanol–water partition coefficient (Wildman–Crippen LogP) is 2.91. The number of halogens is 1. The number of thiophene rings is 1. The van der Waals surface area contributed by atoms with Gasteiger partial charge in [0.25, 0.3) is 0 Å². The van der Waals surface area contributed by atoms with Crippen molar-refractivity contribution < 1.29 is 18.3 Å². The summed E-state index contributed by atoms with van der Waals surface area (Å²) in [5, 5.41) is 11.0. The van der Waals surface area contributed by atoms with Crippen LogP contribution < -0.4 is 9.46 Å². The summed E-state index contributed by atoms with van der Waals surface area (Å²) < 4.78 is 33.0. The third-order valence-corrected chi connectivity index (χ3v) is 7.34. The normalized spacial score (nSPS) is 20.6. The first-order valence-corrected chi connectivity index (χ1v) is 10.2. The molecule has 2 aromatic rings. The first-order chi connectivity index (χ1) is 11.3. The first-order valence-electron chi connectivity index (χ1n) is 7.49. The van der Waals surface area contributed by atoms with Crippen LogP contribution in [0.25, 0.3) is 0 Å². The van der Waals surface area contributed by atoms with Crippen LogP contribution in [0.4, 0.5) is 0 Å². The Morgan fingerprint density at radius 1 is 1.38 bits per heavy atom. The molecule has 0 radical (unpaired) electrons. The summed E-state index contributed by atoms with van der Waals surface area (Å²) in [7, 11) is -2.10. The first kappa shape index (κ1) is 17.7. The Morgan fingerprint density at radius 3 is 2.83 bits per heavy atom. The molecule has 0 saturated heterocycles. The topological polar surface area (TPSA) is 75.6 Å². The average molecular weight is 388 g/mol. The van der Waals surface area contributed by atoms with Gasteiger partial charge in [-0.25, -0.2) is 13.1 Å². The average Bonchev–Trinajstić information content (AvgIpc) is 3.00. The number of rotatable bonds is 5. The number of sulfonamides is 1. The molecule has 0 aliphatic heterocycles. The van der Waals surface area contributed by atoms with Crippen LogP contribution in [0, 0.1) is 0 Å². The number of aliphatic hydroxyl groups is 1. The number of ether oxygens (including phenoxy) is 1. The van der Waals surface area contributed by atoms with E-state index in [-0.39, 0.29) is 10.8 Å². The monoisotopic (exact) mass is 387 g/mol. The number of hydrogen-bond acceptors (Lipinski definition) is 5. The SMILES string of the molecule is COc1ccc2c(c1)CCCC2(O)CNS(=O)(=O)c1ccc(Cl)s1. The maximum Gasteiger partial charge on any atom is 0.250 e. The Bertz CT molecular complexity index is 850. The van der Waals surface area contributed by atoms with Crippen LogP contribution >= 0.6 is 22.9 Å². The Morgan fingerprint density at radius 2 is 2.17 bits per heavy atom. The quantitative estimate of drug-likeness (QED) is 0.827. The number of hydrogen-bond donors (Lipinski definition) is 2. The Labute approximate surface area is 150 Å². The number of methoxy groups -OCH3 is 1. The lowest BCUT2D eigenvalue weighted by Gasteiger charge is -2.34. The second kappa shape index (κ2) is 6.65. The summed E-state index contributed by atoms with van der Waals surface area (Å²) >= 11 is 6.79. The smallest absolute Gasteiger partial charge is 0.250 e. The predicted molar refractivity (Wildman–Crippen MR) is 94.3 cm³/mol. The summed E-state index contributed by atoms with van der Waals surface area (Å²) in [6, 6.07) is 8.48. The molecule has 8 heteroatoms. The summed E-state index contributed by atoms with van der Waals surface area (Å²) in [5.74, 6) is 0.729. The van der Waals surface area contributed by atoms with Crippen LogP contribution in [-0.4, -0.2) is 27.2 Å². The molecule has 0 spiro atoms. The molecule has 24 heavy (non-hydrogen) atoms. The van der Waals surface area contributed by atoms with Gasteiger partial charge in [0.2, 0.25) is 10.0 Å². The van der Waals surface area contributed by atoms with E-state index in [0.29, 0.717) is 10.8 Å². The van der Waals surface area contributed by atoms with Crippen molar-refractivity contribution in [2.75, 3.05) is 13.7 Å². The van der Waals surface area contributed by atoms with Crippen molar-refractivity contribution in [3.05, 3.63) is 45.8 Å². The van der Waals surface area contributed by atoms with E-state index in [2.05, 4.69) is 4.72 Å². The van der Waals surface area contributed by atoms with E-state index >= 15 is 0 Å². The van der Waals surface area contributed by atoms with Crippen molar-refractivity contribution >= 4 is 33.0 Å². The zero-order valence-corrected chi connectivity index (χ0v) is 15.5. The molecule has 1 atom stereocenters. The fourth-order valence-corrected chi connectivity index (χ4v) is 5.59. The Kier molecular flexibility index (Phi) is 4.90. The molecule has 0 amide bonds. The molecule has 0 saturated carbocycles. The Balaban J connectivity index is 1.83. The second-order valence-corrected chi connectivity index (χ2v) is 9.50. The minimum Gasteiger partial charge on any atom is -0.497 e. The summed E-state index contributed by atoms with van der Waals surface area (Å²) in [5.41, 5.74) is 0.511. The number of nitrogens with one attached hydrogen (secondary N) is 1. The molecule has 1 aliphatic carbocycles. The molecule has 1 unspecified atom stereocenters. The second-order valence-electron chi connectivity index (χ2n) is 5.79. The van der Waals surface area contributed by atoms with Gasteiger partial charge in [-0.05, 0) is 54.7 Å². The molecule has 2 N–H and O–H groups in total. The highest BCUT2D eigenvalue weighted by Crippen LogP contribution is 2.37. The molecule has 130 valence electrons. The van der Waals surface area contributed by atoms with Crippen molar-refractivity contribution in [2.45, 2.75) is 29.1 Å².